The topological polar surface area (TPSA) is 26.0 Å². The van der Waals surface area contributed by atoms with Gasteiger partial charge in [0, 0.05) is 14.1 Å². The molecule has 2 N–H and O–H groups in total. The van der Waals surface area contributed by atoms with E-state index >= 15 is 0 Å². The van der Waals surface area contributed by atoms with E-state index in [0.29, 0.717) is 6.54 Å². The molecule has 1 aromatic rings. The van der Waals surface area contributed by atoms with Crippen molar-refractivity contribution in [1.29, 1.82) is 0 Å². The standard InChI is InChI=1S/C12H18BrNS/c1-12(2,3)15-10-5-4-9(6-7-14)11(13)8-10/h4-5,8H,6-7,14H2,1-3H3. The Kier molecular flexibility index (Phi) is 4.68. The van der Waals surface area contributed by atoms with Gasteiger partial charge in [0.2, 0.25) is 0 Å². The van der Waals surface area contributed by atoms with Crippen molar-refractivity contribution in [3.63, 3.8) is 0 Å². The van der Waals surface area contributed by atoms with Crippen LogP contribution < -0.4 is 5.73 Å². The summed E-state index contributed by atoms with van der Waals surface area (Å²) >= 11 is 5.47. The lowest BCUT2D eigenvalue weighted by atomic mass is 10.1. The molecule has 1 nitrogen and oxygen atoms in total. The first-order valence-electron chi connectivity index (χ1n) is 5.10. The maximum atomic E-state index is 5.54. The smallest absolute Gasteiger partial charge is 0.0218 e. The van der Waals surface area contributed by atoms with Crippen LogP contribution in [0.3, 0.4) is 0 Å². The number of nitrogens with two attached hydrogens (primary N) is 1. The van der Waals surface area contributed by atoms with E-state index in [2.05, 4.69) is 54.9 Å². The van der Waals surface area contributed by atoms with Gasteiger partial charge in [0.15, 0.2) is 0 Å². The van der Waals surface area contributed by atoms with Gasteiger partial charge in [0.25, 0.3) is 0 Å². The van der Waals surface area contributed by atoms with Crippen molar-refractivity contribution in [2.75, 3.05) is 6.54 Å². The predicted molar refractivity (Wildman–Crippen MR) is 72.5 cm³/mol. The van der Waals surface area contributed by atoms with Crippen LogP contribution in [-0.2, 0) is 6.42 Å². The van der Waals surface area contributed by atoms with Crippen molar-refractivity contribution < 1.29 is 0 Å². The largest absolute Gasteiger partial charge is 0.330 e. The first-order valence-corrected chi connectivity index (χ1v) is 6.71. The molecular weight excluding hydrogens is 270 g/mol. The maximum absolute atomic E-state index is 5.54. The van der Waals surface area contributed by atoms with Gasteiger partial charge in [-0.25, -0.2) is 0 Å². The van der Waals surface area contributed by atoms with Crippen molar-refractivity contribution in [3.05, 3.63) is 28.2 Å². The Morgan fingerprint density at radius 2 is 2.00 bits per heavy atom. The van der Waals surface area contributed by atoms with E-state index in [1.165, 1.54) is 14.9 Å². The SMILES string of the molecule is CC(C)(C)Sc1ccc(CCN)c(Br)c1. The third-order valence-corrected chi connectivity index (χ3v) is 3.70. The molecule has 0 amide bonds. The number of halogens is 1. The number of thioether (sulfide) groups is 1. The molecule has 0 aromatic heterocycles. The van der Waals surface area contributed by atoms with Crippen LogP contribution in [0.5, 0.6) is 0 Å². The average Bonchev–Trinajstić information content (AvgIpc) is 2.07. The molecule has 0 saturated carbocycles. The van der Waals surface area contributed by atoms with Gasteiger partial charge in [-0.1, -0.05) is 42.8 Å². The summed E-state index contributed by atoms with van der Waals surface area (Å²) in [7, 11) is 0. The Balaban J connectivity index is 2.82. The van der Waals surface area contributed by atoms with Crippen LogP contribution in [0.25, 0.3) is 0 Å². The van der Waals surface area contributed by atoms with Crippen LogP contribution in [0.2, 0.25) is 0 Å². The highest BCUT2D eigenvalue weighted by Gasteiger charge is 2.12. The number of benzene rings is 1. The monoisotopic (exact) mass is 287 g/mol. The molecule has 0 heterocycles. The molecule has 0 aliphatic carbocycles. The molecule has 0 atom stereocenters. The van der Waals surface area contributed by atoms with Crippen molar-refractivity contribution in [1.82, 2.24) is 0 Å². The van der Waals surface area contributed by atoms with E-state index in [4.69, 9.17) is 5.73 Å². The van der Waals surface area contributed by atoms with Gasteiger partial charge in [-0.05, 0) is 30.7 Å². The van der Waals surface area contributed by atoms with Crippen LogP contribution in [-0.4, -0.2) is 11.3 Å². The summed E-state index contributed by atoms with van der Waals surface area (Å²) in [5.41, 5.74) is 6.83. The second-order valence-electron chi connectivity index (χ2n) is 4.51. The molecule has 0 unspecified atom stereocenters. The number of rotatable bonds is 3. The second-order valence-corrected chi connectivity index (χ2v) is 7.26. The highest BCUT2D eigenvalue weighted by Crippen LogP contribution is 2.34. The Morgan fingerprint density at radius 3 is 2.47 bits per heavy atom. The fourth-order valence-electron chi connectivity index (χ4n) is 1.30. The van der Waals surface area contributed by atoms with E-state index in [1.54, 1.807) is 0 Å². The number of hydrogen-bond donors (Lipinski definition) is 1. The fourth-order valence-corrected chi connectivity index (χ4v) is 3.05. The third kappa shape index (κ3) is 4.58. The maximum Gasteiger partial charge on any atom is 0.0218 e. The van der Waals surface area contributed by atoms with Gasteiger partial charge < -0.3 is 5.73 Å². The highest BCUT2D eigenvalue weighted by atomic mass is 79.9. The Bertz CT molecular complexity index is 331. The van der Waals surface area contributed by atoms with E-state index in [1.807, 2.05) is 11.8 Å². The minimum Gasteiger partial charge on any atom is -0.330 e. The molecule has 84 valence electrons. The minimum atomic E-state index is 0.259. The van der Waals surface area contributed by atoms with Crippen molar-refractivity contribution >= 4 is 27.7 Å². The van der Waals surface area contributed by atoms with E-state index in [-0.39, 0.29) is 4.75 Å². The summed E-state index contributed by atoms with van der Waals surface area (Å²) in [5, 5.41) is 0. The van der Waals surface area contributed by atoms with Crippen LogP contribution in [0.1, 0.15) is 26.3 Å². The predicted octanol–water partition coefficient (Wildman–Crippen LogP) is 3.84. The average molecular weight is 288 g/mol. The first-order chi connectivity index (χ1) is 6.92. The van der Waals surface area contributed by atoms with Gasteiger partial charge in [-0.15, -0.1) is 11.8 Å². The summed E-state index contributed by atoms with van der Waals surface area (Å²) in [6.07, 6.45) is 0.932. The molecule has 0 fully saturated rings. The first kappa shape index (κ1) is 13.1. The highest BCUT2D eigenvalue weighted by molar-refractivity contribution is 9.10. The number of hydrogen-bond acceptors (Lipinski definition) is 2. The van der Waals surface area contributed by atoms with Crippen molar-refractivity contribution in [2.24, 2.45) is 5.73 Å². The third-order valence-electron chi connectivity index (χ3n) is 1.86. The quantitative estimate of drug-likeness (QED) is 0.855. The molecule has 0 radical (unpaired) electrons. The van der Waals surface area contributed by atoms with E-state index < -0.39 is 0 Å². The molecule has 0 aliphatic heterocycles. The lowest BCUT2D eigenvalue weighted by Crippen LogP contribution is -2.07. The van der Waals surface area contributed by atoms with Gasteiger partial charge in [-0.3, -0.25) is 0 Å². The van der Waals surface area contributed by atoms with Gasteiger partial charge >= 0.3 is 0 Å². The Hall–Kier alpha value is 0.01000. The summed E-state index contributed by atoms with van der Waals surface area (Å²) in [5.74, 6) is 0. The molecule has 0 bridgehead atoms. The van der Waals surface area contributed by atoms with E-state index in [0.717, 1.165) is 6.42 Å². The normalized spacial score (nSPS) is 11.8. The van der Waals surface area contributed by atoms with Gasteiger partial charge in [0.1, 0.15) is 0 Å². The zero-order chi connectivity index (χ0) is 11.5. The Labute approximate surface area is 105 Å². The van der Waals surface area contributed by atoms with Gasteiger partial charge in [-0.2, -0.15) is 0 Å². The molecule has 1 aromatic carbocycles. The second kappa shape index (κ2) is 5.37. The summed E-state index contributed by atoms with van der Waals surface area (Å²) in [6.45, 7) is 7.36. The zero-order valence-electron chi connectivity index (χ0n) is 9.51. The molecular formula is C12H18BrNS. The van der Waals surface area contributed by atoms with Crippen molar-refractivity contribution in [3.8, 4) is 0 Å². The molecule has 1 rings (SSSR count). The van der Waals surface area contributed by atoms with Crippen LogP contribution in [0.4, 0.5) is 0 Å². The molecule has 0 spiro atoms. The molecule has 0 saturated heterocycles. The van der Waals surface area contributed by atoms with Gasteiger partial charge in [0.05, 0.1) is 0 Å². The minimum absolute atomic E-state index is 0.259. The van der Waals surface area contributed by atoms with Crippen LogP contribution in [0.15, 0.2) is 27.6 Å². The molecule has 15 heavy (non-hydrogen) atoms. The summed E-state index contributed by atoms with van der Waals surface area (Å²) in [4.78, 5) is 1.30. The Morgan fingerprint density at radius 1 is 1.33 bits per heavy atom. The van der Waals surface area contributed by atoms with E-state index in [9.17, 15) is 0 Å². The lowest BCUT2D eigenvalue weighted by molar-refractivity contribution is 0.802. The molecule has 3 heteroatoms. The van der Waals surface area contributed by atoms with Crippen LogP contribution in [0, 0.1) is 0 Å². The molecule has 0 aliphatic rings. The lowest BCUT2D eigenvalue weighted by Gasteiger charge is -2.18. The van der Waals surface area contributed by atoms with Crippen molar-refractivity contribution in [2.45, 2.75) is 36.8 Å². The zero-order valence-corrected chi connectivity index (χ0v) is 11.9. The summed E-state index contributed by atoms with van der Waals surface area (Å²) < 4.78 is 1.43. The van der Waals surface area contributed by atoms with Crippen LogP contribution >= 0.6 is 27.7 Å². The summed E-state index contributed by atoms with van der Waals surface area (Å²) in [6, 6.07) is 6.51. The fraction of sp³-hybridized carbons (Fsp3) is 0.500.